The fourth-order valence-electron chi connectivity index (χ4n) is 3.88. The lowest BCUT2D eigenvalue weighted by molar-refractivity contribution is 0.0717. The summed E-state index contributed by atoms with van der Waals surface area (Å²) in [6.45, 7) is 6.07. The van der Waals surface area contributed by atoms with Crippen molar-refractivity contribution in [3.8, 4) is 0 Å². The van der Waals surface area contributed by atoms with E-state index in [1.807, 2.05) is 13.8 Å². The van der Waals surface area contributed by atoms with E-state index in [9.17, 15) is 5.11 Å². The maximum Gasteiger partial charge on any atom is 0.138 e. The smallest absolute Gasteiger partial charge is 0.138 e. The van der Waals surface area contributed by atoms with Crippen molar-refractivity contribution < 1.29 is 9.63 Å². The molecule has 1 aliphatic carbocycles. The van der Waals surface area contributed by atoms with Crippen LogP contribution in [0.15, 0.2) is 4.52 Å². The summed E-state index contributed by atoms with van der Waals surface area (Å²) in [5.74, 6) is 1.41. The average molecular weight is 264 g/mol. The maximum absolute atomic E-state index is 10.1. The molecule has 1 saturated carbocycles. The molecule has 1 aromatic heterocycles. The fraction of sp³-hybridized carbons (Fsp3) is 0.800. The van der Waals surface area contributed by atoms with Gasteiger partial charge in [-0.15, -0.1) is 0 Å². The van der Waals surface area contributed by atoms with Crippen LogP contribution in [-0.4, -0.2) is 33.9 Å². The second kappa shape index (κ2) is 5.25. The Balaban J connectivity index is 1.73. The van der Waals surface area contributed by atoms with Crippen molar-refractivity contribution in [1.82, 2.24) is 10.1 Å². The molecule has 0 bridgehead atoms. The number of aromatic nitrogens is 1. The molecule has 1 saturated heterocycles. The van der Waals surface area contributed by atoms with Crippen LogP contribution in [-0.2, 0) is 6.54 Å². The quantitative estimate of drug-likeness (QED) is 0.911. The van der Waals surface area contributed by atoms with Crippen molar-refractivity contribution in [3.05, 3.63) is 17.0 Å². The van der Waals surface area contributed by atoms with E-state index < -0.39 is 0 Å². The average Bonchev–Trinajstić information content (AvgIpc) is 3.06. The van der Waals surface area contributed by atoms with Gasteiger partial charge < -0.3 is 9.63 Å². The molecule has 0 spiro atoms. The first-order chi connectivity index (χ1) is 9.16. The Morgan fingerprint density at radius 3 is 2.74 bits per heavy atom. The van der Waals surface area contributed by atoms with Crippen molar-refractivity contribution in [2.75, 3.05) is 6.54 Å². The Bertz CT molecular complexity index is 424. The zero-order valence-corrected chi connectivity index (χ0v) is 11.9. The lowest BCUT2D eigenvalue weighted by Gasteiger charge is -2.31. The van der Waals surface area contributed by atoms with E-state index in [0.29, 0.717) is 12.0 Å². The Labute approximate surface area is 114 Å². The zero-order chi connectivity index (χ0) is 13.4. The summed E-state index contributed by atoms with van der Waals surface area (Å²) in [7, 11) is 0. The van der Waals surface area contributed by atoms with Crippen LogP contribution in [0.3, 0.4) is 0 Å². The number of hydrogen-bond donors (Lipinski definition) is 1. The second-order valence-electron chi connectivity index (χ2n) is 6.14. The predicted molar refractivity (Wildman–Crippen MR) is 72.8 cm³/mol. The summed E-state index contributed by atoms with van der Waals surface area (Å²) in [6, 6.07) is 0.547. The van der Waals surface area contributed by atoms with Gasteiger partial charge in [-0.1, -0.05) is 11.6 Å². The first kappa shape index (κ1) is 13.1. The van der Waals surface area contributed by atoms with Gasteiger partial charge in [-0.05, 0) is 46.1 Å². The van der Waals surface area contributed by atoms with E-state index in [4.69, 9.17) is 4.52 Å². The molecule has 3 atom stereocenters. The fourth-order valence-corrected chi connectivity index (χ4v) is 3.88. The van der Waals surface area contributed by atoms with E-state index >= 15 is 0 Å². The highest BCUT2D eigenvalue weighted by atomic mass is 16.5. The zero-order valence-electron chi connectivity index (χ0n) is 11.9. The van der Waals surface area contributed by atoms with Gasteiger partial charge in [-0.3, -0.25) is 4.90 Å². The number of aliphatic hydroxyl groups is 1. The minimum absolute atomic E-state index is 0.0877. The van der Waals surface area contributed by atoms with Crippen molar-refractivity contribution in [2.45, 2.75) is 64.6 Å². The third-order valence-electron chi connectivity index (χ3n) is 4.98. The Kier molecular flexibility index (Phi) is 3.63. The lowest BCUT2D eigenvalue weighted by Crippen LogP contribution is -2.38. The molecule has 19 heavy (non-hydrogen) atoms. The van der Waals surface area contributed by atoms with Crippen LogP contribution in [0.4, 0.5) is 0 Å². The summed E-state index contributed by atoms with van der Waals surface area (Å²) in [5, 5.41) is 14.2. The highest BCUT2D eigenvalue weighted by Crippen LogP contribution is 2.36. The molecule has 4 nitrogen and oxygen atoms in total. The molecule has 3 rings (SSSR count). The Morgan fingerprint density at radius 2 is 2.11 bits per heavy atom. The van der Waals surface area contributed by atoms with Gasteiger partial charge in [0, 0.05) is 24.1 Å². The predicted octanol–water partition coefficient (Wildman–Crippen LogP) is 2.42. The number of rotatable bonds is 3. The van der Waals surface area contributed by atoms with Crippen LogP contribution in [0.5, 0.6) is 0 Å². The second-order valence-corrected chi connectivity index (χ2v) is 6.14. The molecule has 0 aromatic carbocycles. The van der Waals surface area contributed by atoms with Crippen LogP contribution in [0.1, 0.15) is 49.1 Å². The third kappa shape index (κ3) is 2.43. The molecule has 1 aliphatic heterocycles. The Morgan fingerprint density at radius 1 is 1.26 bits per heavy atom. The van der Waals surface area contributed by atoms with Crippen LogP contribution in [0.2, 0.25) is 0 Å². The molecule has 2 heterocycles. The van der Waals surface area contributed by atoms with Gasteiger partial charge in [-0.25, -0.2) is 0 Å². The number of aliphatic hydroxyl groups excluding tert-OH is 1. The topological polar surface area (TPSA) is 49.5 Å². The van der Waals surface area contributed by atoms with Gasteiger partial charge in [0.15, 0.2) is 0 Å². The minimum atomic E-state index is -0.0877. The molecule has 4 heteroatoms. The first-order valence-electron chi connectivity index (χ1n) is 7.50. The van der Waals surface area contributed by atoms with E-state index in [0.717, 1.165) is 31.0 Å². The standard InChI is InChI=1S/C15H24N2O2/c1-10-13(11(2)19-16-10)9-17-8-4-6-14(17)12-5-3-7-15(12)18/h12,14-15,18H,3-9H2,1-2H3. The van der Waals surface area contributed by atoms with E-state index in [2.05, 4.69) is 10.1 Å². The summed E-state index contributed by atoms with van der Waals surface area (Å²) < 4.78 is 5.26. The normalized spacial score (nSPS) is 32.3. The van der Waals surface area contributed by atoms with Gasteiger partial charge in [0.25, 0.3) is 0 Å². The molecule has 0 radical (unpaired) electrons. The lowest BCUT2D eigenvalue weighted by atomic mass is 9.94. The van der Waals surface area contributed by atoms with E-state index in [-0.39, 0.29) is 6.10 Å². The number of aryl methyl sites for hydroxylation is 2. The van der Waals surface area contributed by atoms with Crippen LogP contribution >= 0.6 is 0 Å². The number of nitrogens with zero attached hydrogens (tertiary/aromatic N) is 2. The van der Waals surface area contributed by atoms with Gasteiger partial charge in [0.05, 0.1) is 11.8 Å². The van der Waals surface area contributed by atoms with Crippen molar-refractivity contribution in [2.24, 2.45) is 5.92 Å². The molecule has 0 amide bonds. The molecule has 2 aliphatic rings. The highest BCUT2D eigenvalue weighted by Gasteiger charge is 2.38. The van der Waals surface area contributed by atoms with E-state index in [1.54, 1.807) is 0 Å². The molecule has 1 N–H and O–H groups in total. The minimum Gasteiger partial charge on any atom is -0.393 e. The largest absolute Gasteiger partial charge is 0.393 e. The van der Waals surface area contributed by atoms with Gasteiger partial charge in [0.2, 0.25) is 0 Å². The van der Waals surface area contributed by atoms with E-state index in [1.165, 1.54) is 31.2 Å². The summed E-state index contributed by atoms with van der Waals surface area (Å²) >= 11 is 0. The summed E-state index contributed by atoms with van der Waals surface area (Å²) in [4.78, 5) is 2.53. The molecule has 3 unspecified atom stereocenters. The first-order valence-corrected chi connectivity index (χ1v) is 7.50. The van der Waals surface area contributed by atoms with Crippen LogP contribution in [0, 0.1) is 19.8 Å². The third-order valence-corrected chi connectivity index (χ3v) is 4.98. The molecular weight excluding hydrogens is 240 g/mol. The van der Waals surface area contributed by atoms with Gasteiger partial charge >= 0.3 is 0 Å². The monoisotopic (exact) mass is 264 g/mol. The summed E-state index contributed by atoms with van der Waals surface area (Å²) in [6.07, 6.45) is 5.74. The molecule has 106 valence electrons. The summed E-state index contributed by atoms with van der Waals surface area (Å²) in [5.41, 5.74) is 2.24. The Hall–Kier alpha value is -0.870. The highest BCUT2D eigenvalue weighted by molar-refractivity contribution is 5.21. The van der Waals surface area contributed by atoms with Crippen molar-refractivity contribution in [1.29, 1.82) is 0 Å². The van der Waals surface area contributed by atoms with Crippen molar-refractivity contribution >= 4 is 0 Å². The van der Waals surface area contributed by atoms with Crippen LogP contribution < -0.4 is 0 Å². The molecule has 1 aromatic rings. The van der Waals surface area contributed by atoms with Crippen molar-refractivity contribution in [3.63, 3.8) is 0 Å². The number of likely N-dealkylation sites (tertiary alicyclic amines) is 1. The van der Waals surface area contributed by atoms with Crippen LogP contribution in [0.25, 0.3) is 0 Å². The van der Waals surface area contributed by atoms with Gasteiger partial charge in [0.1, 0.15) is 5.76 Å². The molecular formula is C15H24N2O2. The molecule has 2 fully saturated rings. The number of hydrogen-bond acceptors (Lipinski definition) is 4. The SMILES string of the molecule is Cc1noc(C)c1CN1CCCC1C1CCCC1O. The maximum atomic E-state index is 10.1. The van der Waals surface area contributed by atoms with Gasteiger partial charge in [-0.2, -0.15) is 0 Å².